The number of carbonyl (C=O) groups excluding carboxylic acids is 2. The molecule has 2 aromatic rings. The molecule has 0 amide bonds. The summed E-state index contributed by atoms with van der Waals surface area (Å²) >= 11 is 0. The summed E-state index contributed by atoms with van der Waals surface area (Å²) in [7, 11) is -0.505. The Morgan fingerprint density at radius 2 is 1.75 bits per heavy atom. The largest absolute Gasteiger partial charge is 0.496 e. The second-order valence-electron chi connectivity index (χ2n) is 7.40. The summed E-state index contributed by atoms with van der Waals surface area (Å²) in [6.07, 6.45) is 2.64. The smallest absolute Gasteiger partial charge is 0.399 e. The number of nitrogens with zero attached hydrogens (tertiary/aromatic N) is 1. The number of aldehydes is 1. The van der Waals surface area contributed by atoms with Crippen molar-refractivity contribution in [3.8, 4) is 0 Å². The summed E-state index contributed by atoms with van der Waals surface area (Å²) in [5.41, 5.74) is 2.46. The monoisotopic (exact) mass is 327 g/mol. The molecule has 6 heteroatoms. The first-order chi connectivity index (χ1) is 11.1. The lowest BCUT2D eigenvalue weighted by atomic mass is 9.81. The van der Waals surface area contributed by atoms with E-state index in [2.05, 4.69) is 0 Å². The molecule has 0 bridgehead atoms. The molecule has 3 heterocycles. The Morgan fingerprint density at radius 3 is 2.25 bits per heavy atom. The van der Waals surface area contributed by atoms with Crippen molar-refractivity contribution >= 4 is 30.2 Å². The SMILES string of the molecule is CC(=O)c1c(C)c(C=O)cc2cc(B3OC(C)(C)C(C)(C)O3)cn12. The molecule has 0 aromatic carbocycles. The van der Waals surface area contributed by atoms with Gasteiger partial charge in [0, 0.05) is 29.7 Å². The number of carbonyl (C=O) groups is 2. The van der Waals surface area contributed by atoms with Crippen LogP contribution in [-0.2, 0) is 9.31 Å². The Bertz CT molecular complexity index is 834. The molecule has 0 aliphatic carbocycles. The van der Waals surface area contributed by atoms with E-state index in [1.165, 1.54) is 6.92 Å². The number of ketones is 1. The zero-order valence-corrected chi connectivity index (χ0v) is 15.0. The van der Waals surface area contributed by atoms with Crippen molar-refractivity contribution in [3.63, 3.8) is 0 Å². The van der Waals surface area contributed by atoms with E-state index in [9.17, 15) is 9.59 Å². The van der Waals surface area contributed by atoms with Gasteiger partial charge in [0.2, 0.25) is 0 Å². The van der Waals surface area contributed by atoms with E-state index in [4.69, 9.17) is 9.31 Å². The Balaban J connectivity index is 2.15. The third kappa shape index (κ3) is 2.41. The van der Waals surface area contributed by atoms with Crippen molar-refractivity contribution in [2.75, 3.05) is 0 Å². The van der Waals surface area contributed by atoms with Crippen LogP contribution in [0.3, 0.4) is 0 Å². The van der Waals surface area contributed by atoms with Crippen LogP contribution in [0.4, 0.5) is 0 Å². The van der Waals surface area contributed by atoms with E-state index in [1.807, 2.05) is 44.4 Å². The molecular weight excluding hydrogens is 305 g/mol. The third-order valence-corrected chi connectivity index (χ3v) is 5.19. The number of Topliss-reactive ketones (excluding diaryl/α,β-unsaturated/α-hetero) is 1. The summed E-state index contributed by atoms with van der Waals surface area (Å²) in [5.74, 6) is -0.0859. The Hall–Kier alpha value is -1.92. The van der Waals surface area contributed by atoms with E-state index in [0.717, 1.165) is 17.3 Å². The van der Waals surface area contributed by atoms with Crippen molar-refractivity contribution in [2.45, 2.75) is 52.7 Å². The van der Waals surface area contributed by atoms with Gasteiger partial charge in [-0.25, -0.2) is 0 Å². The Morgan fingerprint density at radius 1 is 1.17 bits per heavy atom. The average Bonchev–Trinajstić information content (AvgIpc) is 2.96. The van der Waals surface area contributed by atoms with Gasteiger partial charge in [-0.1, -0.05) is 0 Å². The fourth-order valence-corrected chi connectivity index (χ4v) is 3.06. The van der Waals surface area contributed by atoms with Gasteiger partial charge in [-0.05, 0) is 52.3 Å². The molecule has 5 nitrogen and oxygen atoms in total. The maximum absolute atomic E-state index is 12.1. The number of hydrogen-bond acceptors (Lipinski definition) is 4. The van der Waals surface area contributed by atoms with E-state index in [-0.39, 0.29) is 5.78 Å². The van der Waals surface area contributed by atoms with Crippen LogP contribution in [0, 0.1) is 6.92 Å². The topological polar surface area (TPSA) is 57.0 Å². The van der Waals surface area contributed by atoms with Gasteiger partial charge >= 0.3 is 7.12 Å². The molecule has 1 aliphatic heterocycles. The highest BCUT2D eigenvalue weighted by molar-refractivity contribution is 6.62. The minimum Gasteiger partial charge on any atom is -0.399 e. The summed E-state index contributed by atoms with van der Waals surface area (Å²) in [5, 5.41) is 0. The Labute approximate surface area is 142 Å². The Kier molecular flexibility index (Phi) is 3.73. The molecule has 0 unspecified atom stereocenters. The number of aromatic nitrogens is 1. The number of fused-ring (bicyclic) bond motifs is 1. The molecule has 0 N–H and O–H groups in total. The fourth-order valence-electron chi connectivity index (χ4n) is 3.06. The number of rotatable bonds is 3. The summed E-state index contributed by atoms with van der Waals surface area (Å²) in [6, 6.07) is 3.69. The van der Waals surface area contributed by atoms with Crippen molar-refractivity contribution in [2.24, 2.45) is 0 Å². The molecule has 3 rings (SSSR count). The molecule has 1 aliphatic rings. The lowest BCUT2D eigenvalue weighted by Gasteiger charge is -2.32. The number of pyridine rings is 1. The molecule has 0 radical (unpaired) electrons. The molecule has 2 aromatic heterocycles. The second-order valence-corrected chi connectivity index (χ2v) is 7.40. The normalized spacial score (nSPS) is 19.0. The lowest BCUT2D eigenvalue weighted by molar-refractivity contribution is 0.00578. The van der Waals surface area contributed by atoms with Crippen LogP contribution < -0.4 is 5.46 Å². The summed E-state index contributed by atoms with van der Waals surface area (Å²) in [6.45, 7) is 11.3. The molecule has 1 fully saturated rings. The molecule has 0 atom stereocenters. The van der Waals surface area contributed by atoms with Gasteiger partial charge in [-0.15, -0.1) is 0 Å². The van der Waals surface area contributed by atoms with E-state index >= 15 is 0 Å². The van der Waals surface area contributed by atoms with Gasteiger partial charge in [-0.3, -0.25) is 9.59 Å². The van der Waals surface area contributed by atoms with Gasteiger partial charge < -0.3 is 13.7 Å². The summed E-state index contributed by atoms with van der Waals surface area (Å²) < 4.78 is 14.0. The van der Waals surface area contributed by atoms with Crippen LogP contribution in [0.15, 0.2) is 18.3 Å². The van der Waals surface area contributed by atoms with Crippen LogP contribution in [0.1, 0.15) is 61.0 Å². The third-order valence-electron chi connectivity index (χ3n) is 5.19. The van der Waals surface area contributed by atoms with Gasteiger partial charge in [0.15, 0.2) is 5.78 Å². The van der Waals surface area contributed by atoms with Gasteiger partial charge in [0.25, 0.3) is 0 Å². The predicted octanol–water partition coefficient (Wildman–Crippen LogP) is 2.56. The van der Waals surface area contributed by atoms with Crippen LogP contribution >= 0.6 is 0 Å². The fraction of sp³-hybridized carbons (Fsp3) is 0.444. The quantitative estimate of drug-likeness (QED) is 0.494. The van der Waals surface area contributed by atoms with Crippen LogP contribution in [-0.4, -0.2) is 34.8 Å². The zero-order chi connectivity index (χ0) is 17.9. The summed E-state index contributed by atoms with van der Waals surface area (Å²) in [4.78, 5) is 23.4. The lowest BCUT2D eigenvalue weighted by Crippen LogP contribution is -2.41. The average molecular weight is 327 g/mol. The maximum Gasteiger partial charge on any atom is 0.496 e. The molecule has 0 spiro atoms. The number of hydrogen-bond donors (Lipinski definition) is 0. The van der Waals surface area contributed by atoms with Crippen molar-refractivity contribution in [3.05, 3.63) is 35.2 Å². The van der Waals surface area contributed by atoms with Crippen LogP contribution in [0.2, 0.25) is 0 Å². The minimum absolute atomic E-state index is 0.0859. The van der Waals surface area contributed by atoms with Gasteiger partial charge in [0.05, 0.1) is 16.9 Å². The van der Waals surface area contributed by atoms with Crippen molar-refractivity contribution < 1.29 is 18.9 Å². The van der Waals surface area contributed by atoms with E-state index < -0.39 is 18.3 Å². The van der Waals surface area contributed by atoms with Crippen LogP contribution in [0.25, 0.3) is 5.52 Å². The highest BCUT2D eigenvalue weighted by Crippen LogP contribution is 2.36. The molecule has 126 valence electrons. The second kappa shape index (κ2) is 5.29. The molecule has 24 heavy (non-hydrogen) atoms. The predicted molar refractivity (Wildman–Crippen MR) is 93.2 cm³/mol. The highest BCUT2D eigenvalue weighted by Gasteiger charge is 2.52. The standard InChI is InChI=1S/C18H22BNO4/c1-11-13(10-21)7-15-8-14(9-20(15)16(11)12(2)22)19-23-17(3,4)18(5,6)24-19/h7-10H,1-6H3. The molecule has 0 saturated carbocycles. The zero-order valence-electron chi connectivity index (χ0n) is 15.0. The first-order valence-corrected chi connectivity index (χ1v) is 8.05. The molecule has 1 saturated heterocycles. The first kappa shape index (κ1) is 16.9. The van der Waals surface area contributed by atoms with Gasteiger partial charge in [0.1, 0.15) is 6.29 Å². The van der Waals surface area contributed by atoms with Crippen molar-refractivity contribution in [1.29, 1.82) is 0 Å². The van der Waals surface area contributed by atoms with Gasteiger partial charge in [-0.2, -0.15) is 0 Å². The van der Waals surface area contributed by atoms with E-state index in [1.54, 1.807) is 13.0 Å². The minimum atomic E-state index is -0.505. The van der Waals surface area contributed by atoms with E-state index in [0.29, 0.717) is 16.8 Å². The van der Waals surface area contributed by atoms with Crippen LogP contribution in [0.5, 0.6) is 0 Å². The maximum atomic E-state index is 12.1. The molecular formula is C18H22BNO4. The first-order valence-electron chi connectivity index (χ1n) is 8.05. The highest BCUT2D eigenvalue weighted by atomic mass is 16.7. The van der Waals surface area contributed by atoms with Crippen molar-refractivity contribution in [1.82, 2.24) is 4.40 Å².